The van der Waals surface area contributed by atoms with Gasteiger partial charge in [0.15, 0.2) is 5.96 Å². The zero-order valence-electron chi connectivity index (χ0n) is 13.6. The molecule has 2 heterocycles. The lowest BCUT2D eigenvalue weighted by Crippen LogP contribution is -2.42. The highest BCUT2D eigenvalue weighted by Crippen LogP contribution is 2.38. The summed E-state index contributed by atoms with van der Waals surface area (Å²) in [5, 5.41) is 6.42. The molecule has 0 radical (unpaired) electrons. The minimum atomic E-state index is 0.183. The first kappa shape index (κ1) is 15.6. The Labute approximate surface area is 132 Å². The molecule has 1 saturated carbocycles. The van der Waals surface area contributed by atoms with Crippen molar-refractivity contribution in [2.45, 2.75) is 44.6 Å². The molecule has 1 atom stereocenters. The fourth-order valence-corrected chi connectivity index (χ4v) is 3.40. The number of ether oxygens (including phenoxy) is 1. The number of hydrogen-bond donors (Lipinski definition) is 2. The molecule has 0 aromatic rings. The van der Waals surface area contributed by atoms with Crippen LogP contribution in [0.15, 0.2) is 4.99 Å². The summed E-state index contributed by atoms with van der Waals surface area (Å²) in [5.41, 5.74) is 0.349. The topological polar surface area (TPSA) is 66.0 Å². The third kappa shape index (κ3) is 3.91. The maximum atomic E-state index is 11.6. The lowest BCUT2D eigenvalue weighted by atomic mass is 9.87. The number of amides is 1. The van der Waals surface area contributed by atoms with Crippen molar-refractivity contribution >= 4 is 11.9 Å². The van der Waals surface area contributed by atoms with Crippen LogP contribution in [0.25, 0.3) is 0 Å². The Morgan fingerprint density at radius 3 is 2.95 bits per heavy atom. The second kappa shape index (κ2) is 6.86. The molecule has 3 rings (SSSR count). The number of rotatable bonds is 5. The van der Waals surface area contributed by atoms with Crippen LogP contribution in [0, 0.1) is 5.41 Å². The molecule has 124 valence electrons. The van der Waals surface area contributed by atoms with Gasteiger partial charge in [-0.3, -0.25) is 9.79 Å². The van der Waals surface area contributed by atoms with Crippen LogP contribution in [0.1, 0.15) is 38.5 Å². The maximum absolute atomic E-state index is 11.6. The largest absolute Gasteiger partial charge is 0.381 e. The summed E-state index contributed by atoms with van der Waals surface area (Å²) in [5.74, 6) is 1.15. The van der Waals surface area contributed by atoms with Crippen molar-refractivity contribution in [3.63, 3.8) is 0 Å². The lowest BCUT2D eigenvalue weighted by Gasteiger charge is -2.24. The number of aliphatic imine (C=N–C) groups is 1. The Kier molecular flexibility index (Phi) is 4.86. The molecule has 1 aliphatic carbocycles. The van der Waals surface area contributed by atoms with Gasteiger partial charge in [0, 0.05) is 51.2 Å². The highest BCUT2D eigenvalue weighted by atomic mass is 16.5. The summed E-state index contributed by atoms with van der Waals surface area (Å²) in [6, 6.07) is 0.461. The van der Waals surface area contributed by atoms with E-state index in [1.54, 1.807) is 0 Å². The second-order valence-electron chi connectivity index (χ2n) is 6.89. The summed E-state index contributed by atoms with van der Waals surface area (Å²) >= 11 is 0. The first-order valence-corrected chi connectivity index (χ1v) is 8.53. The molecule has 0 aromatic heterocycles. The van der Waals surface area contributed by atoms with Gasteiger partial charge in [-0.05, 0) is 32.1 Å². The summed E-state index contributed by atoms with van der Waals surface area (Å²) in [4.78, 5) is 18.4. The van der Waals surface area contributed by atoms with E-state index in [2.05, 4.69) is 20.5 Å². The van der Waals surface area contributed by atoms with E-state index in [1.165, 1.54) is 12.8 Å². The van der Waals surface area contributed by atoms with Gasteiger partial charge in [-0.15, -0.1) is 0 Å². The van der Waals surface area contributed by atoms with Crippen molar-refractivity contribution in [1.29, 1.82) is 0 Å². The number of hydrogen-bond acceptors (Lipinski definition) is 3. The molecule has 3 aliphatic rings. The Bertz CT molecular complexity index is 428. The lowest BCUT2D eigenvalue weighted by molar-refractivity contribution is -0.121. The van der Waals surface area contributed by atoms with Crippen LogP contribution in [0.4, 0.5) is 0 Å². The smallest absolute Gasteiger partial charge is 0.220 e. The average Bonchev–Trinajstić information content (AvgIpc) is 3.06. The fourth-order valence-electron chi connectivity index (χ4n) is 3.40. The number of likely N-dealkylation sites (tertiary alicyclic amines) is 1. The highest BCUT2D eigenvalue weighted by Gasteiger charge is 2.42. The predicted molar refractivity (Wildman–Crippen MR) is 85.8 cm³/mol. The third-order valence-corrected chi connectivity index (χ3v) is 4.94. The Morgan fingerprint density at radius 2 is 2.27 bits per heavy atom. The molecule has 2 saturated heterocycles. The van der Waals surface area contributed by atoms with E-state index in [-0.39, 0.29) is 5.91 Å². The standard InChI is InChI=1S/C16H28N4O2/c1-17-15(18-8-2-3-14(21)19-13-4-5-13)20-9-6-16(11-20)7-10-22-12-16/h13H,2-12H2,1H3,(H,17,18)(H,19,21). The molecular formula is C16H28N4O2. The van der Waals surface area contributed by atoms with Crippen LogP contribution >= 0.6 is 0 Å². The van der Waals surface area contributed by atoms with Crippen molar-refractivity contribution < 1.29 is 9.53 Å². The second-order valence-corrected chi connectivity index (χ2v) is 6.89. The van der Waals surface area contributed by atoms with Gasteiger partial charge in [0.25, 0.3) is 0 Å². The van der Waals surface area contributed by atoms with Crippen LogP contribution in [0.2, 0.25) is 0 Å². The Morgan fingerprint density at radius 1 is 1.41 bits per heavy atom. The molecule has 2 aliphatic heterocycles. The number of carbonyl (C=O) groups excluding carboxylic acids is 1. The number of guanidine groups is 1. The molecule has 0 bridgehead atoms. The molecule has 6 nitrogen and oxygen atoms in total. The maximum Gasteiger partial charge on any atom is 0.220 e. The number of nitrogens with zero attached hydrogens (tertiary/aromatic N) is 2. The van der Waals surface area contributed by atoms with Gasteiger partial charge in [0.1, 0.15) is 0 Å². The summed E-state index contributed by atoms with van der Waals surface area (Å²) in [6.45, 7) is 4.67. The average molecular weight is 308 g/mol. The van der Waals surface area contributed by atoms with E-state index < -0.39 is 0 Å². The molecule has 1 unspecified atom stereocenters. The summed E-state index contributed by atoms with van der Waals surface area (Å²) in [6.07, 6.45) is 6.10. The van der Waals surface area contributed by atoms with Crippen LogP contribution in [-0.4, -0.2) is 62.7 Å². The van der Waals surface area contributed by atoms with Crippen molar-refractivity contribution in [3.8, 4) is 0 Å². The molecule has 6 heteroatoms. The molecule has 2 N–H and O–H groups in total. The van der Waals surface area contributed by atoms with E-state index in [1.807, 2.05) is 7.05 Å². The van der Waals surface area contributed by atoms with Gasteiger partial charge >= 0.3 is 0 Å². The van der Waals surface area contributed by atoms with Gasteiger partial charge in [-0.25, -0.2) is 0 Å². The van der Waals surface area contributed by atoms with E-state index in [0.29, 0.717) is 17.9 Å². The van der Waals surface area contributed by atoms with Gasteiger partial charge in [-0.2, -0.15) is 0 Å². The Balaban J connectivity index is 1.36. The zero-order valence-corrected chi connectivity index (χ0v) is 13.6. The fraction of sp³-hybridized carbons (Fsp3) is 0.875. The zero-order chi connectivity index (χ0) is 15.4. The van der Waals surface area contributed by atoms with Gasteiger partial charge in [0.05, 0.1) is 6.61 Å². The molecule has 1 spiro atoms. The van der Waals surface area contributed by atoms with E-state index in [9.17, 15) is 4.79 Å². The van der Waals surface area contributed by atoms with Crippen LogP contribution in [0.3, 0.4) is 0 Å². The molecule has 0 aromatic carbocycles. The van der Waals surface area contributed by atoms with E-state index in [0.717, 1.165) is 58.1 Å². The minimum absolute atomic E-state index is 0.183. The predicted octanol–water partition coefficient (Wildman–Crippen LogP) is 0.733. The first-order chi connectivity index (χ1) is 10.7. The first-order valence-electron chi connectivity index (χ1n) is 8.53. The number of nitrogens with one attached hydrogen (secondary N) is 2. The number of carbonyl (C=O) groups is 1. The normalized spacial score (nSPS) is 28.4. The molecular weight excluding hydrogens is 280 g/mol. The van der Waals surface area contributed by atoms with Crippen molar-refractivity contribution in [2.75, 3.05) is 39.9 Å². The third-order valence-electron chi connectivity index (χ3n) is 4.94. The molecule has 3 fully saturated rings. The highest BCUT2D eigenvalue weighted by molar-refractivity contribution is 5.80. The Hall–Kier alpha value is -1.30. The van der Waals surface area contributed by atoms with Gasteiger partial charge < -0.3 is 20.3 Å². The minimum Gasteiger partial charge on any atom is -0.381 e. The van der Waals surface area contributed by atoms with Crippen molar-refractivity contribution in [2.24, 2.45) is 10.4 Å². The van der Waals surface area contributed by atoms with Gasteiger partial charge in [-0.1, -0.05) is 0 Å². The van der Waals surface area contributed by atoms with E-state index in [4.69, 9.17) is 4.74 Å². The van der Waals surface area contributed by atoms with E-state index >= 15 is 0 Å². The monoisotopic (exact) mass is 308 g/mol. The quantitative estimate of drug-likeness (QED) is 0.446. The van der Waals surface area contributed by atoms with Crippen LogP contribution < -0.4 is 10.6 Å². The van der Waals surface area contributed by atoms with Gasteiger partial charge in [0.2, 0.25) is 5.91 Å². The van der Waals surface area contributed by atoms with Crippen LogP contribution in [-0.2, 0) is 9.53 Å². The summed E-state index contributed by atoms with van der Waals surface area (Å²) in [7, 11) is 1.83. The molecule has 22 heavy (non-hydrogen) atoms. The molecule has 1 amide bonds. The van der Waals surface area contributed by atoms with Crippen molar-refractivity contribution in [1.82, 2.24) is 15.5 Å². The summed E-state index contributed by atoms with van der Waals surface area (Å²) < 4.78 is 5.57. The van der Waals surface area contributed by atoms with Crippen molar-refractivity contribution in [3.05, 3.63) is 0 Å². The SMILES string of the molecule is CN=C(NCCCC(=O)NC1CC1)N1CCC2(CCOC2)C1. The van der Waals surface area contributed by atoms with Crippen LogP contribution in [0.5, 0.6) is 0 Å².